The first kappa shape index (κ1) is 10.3. The molecule has 3 heteroatoms. The van der Waals surface area contributed by atoms with E-state index in [2.05, 4.69) is 30.3 Å². The summed E-state index contributed by atoms with van der Waals surface area (Å²) < 4.78 is 1.86. The highest BCUT2D eigenvalue weighted by molar-refractivity contribution is 5.04. The fraction of sp³-hybridized carbons (Fsp3) is 0.700. The lowest BCUT2D eigenvalue weighted by Crippen LogP contribution is -2.16. The number of nitrogens with zero attached hydrogens (tertiary/aromatic N) is 2. The molecule has 0 fully saturated rings. The lowest BCUT2D eigenvalue weighted by molar-refractivity contribution is 0.588. The van der Waals surface area contributed by atoms with E-state index in [1.807, 2.05) is 17.9 Å². The monoisotopic (exact) mass is 181 g/mol. The van der Waals surface area contributed by atoms with Crippen molar-refractivity contribution < 1.29 is 0 Å². The van der Waals surface area contributed by atoms with E-state index in [1.165, 1.54) is 5.69 Å². The maximum atomic E-state index is 4.38. The molecule has 0 bridgehead atoms. The third kappa shape index (κ3) is 3.19. The van der Waals surface area contributed by atoms with E-state index in [4.69, 9.17) is 0 Å². The van der Waals surface area contributed by atoms with Crippen LogP contribution in [0.1, 0.15) is 31.9 Å². The fourth-order valence-corrected chi connectivity index (χ4v) is 1.34. The molecule has 1 atom stereocenters. The molecular weight excluding hydrogens is 162 g/mol. The molecule has 0 radical (unpaired) electrons. The smallest absolute Gasteiger partial charge is 0.0653 e. The van der Waals surface area contributed by atoms with Crippen molar-refractivity contribution in [3.63, 3.8) is 0 Å². The van der Waals surface area contributed by atoms with Gasteiger partial charge in [0.2, 0.25) is 0 Å². The van der Waals surface area contributed by atoms with Crippen molar-refractivity contribution in [3.8, 4) is 0 Å². The summed E-state index contributed by atoms with van der Waals surface area (Å²) in [6.07, 6.45) is 3.16. The van der Waals surface area contributed by atoms with Crippen molar-refractivity contribution in [3.05, 3.63) is 18.0 Å². The van der Waals surface area contributed by atoms with Gasteiger partial charge in [0.25, 0.3) is 0 Å². The predicted octanol–water partition coefficient (Wildman–Crippen LogP) is 1.52. The summed E-state index contributed by atoms with van der Waals surface area (Å²) in [7, 11) is 1.96. The molecule has 13 heavy (non-hydrogen) atoms. The number of aryl methyl sites for hydroxylation is 1. The van der Waals surface area contributed by atoms with E-state index in [1.54, 1.807) is 0 Å². The molecule has 0 saturated heterocycles. The van der Waals surface area contributed by atoms with Crippen LogP contribution in [-0.4, -0.2) is 22.9 Å². The molecule has 1 N–H and O–H groups in total. The third-order valence-corrected chi connectivity index (χ3v) is 2.24. The minimum atomic E-state index is 0.556. The number of hydrogen-bond acceptors (Lipinski definition) is 2. The van der Waals surface area contributed by atoms with Gasteiger partial charge in [-0.2, -0.15) is 5.10 Å². The van der Waals surface area contributed by atoms with Gasteiger partial charge in [0.1, 0.15) is 0 Å². The molecule has 0 aromatic carbocycles. The summed E-state index contributed by atoms with van der Waals surface area (Å²) in [6.45, 7) is 6.48. The van der Waals surface area contributed by atoms with Crippen molar-refractivity contribution >= 4 is 0 Å². The number of hydrogen-bond donors (Lipinski definition) is 1. The summed E-state index contributed by atoms with van der Waals surface area (Å²) in [5, 5.41) is 7.70. The van der Waals surface area contributed by atoms with Crippen LogP contribution in [0.25, 0.3) is 0 Å². The van der Waals surface area contributed by atoms with Crippen LogP contribution in [0, 0.1) is 0 Å². The summed E-state index contributed by atoms with van der Waals surface area (Å²) in [5.74, 6) is 0.556. The molecule has 3 nitrogen and oxygen atoms in total. The Morgan fingerprint density at radius 2 is 2.38 bits per heavy atom. The molecule has 1 unspecified atom stereocenters. The van der Waals surface area contributed by atoms with Gasteiger partial charge in [-0.1, -0.05) is 13.8 Å². The van der Waals surface area contributed by atoms with Gasteiger partial charge < -0.3 is 5.32 Å². The number of aromatic nitrogens is 2. The van der Waals surface area contributed by atoms with E-state index < -0.39 is 0 Å². The summed E-state index contributed by atoms with van der Waals surface area (Å²) in [4.78, 5) is 0. The lowest BCUT2D eigenvalue weighted by atomic mass is 10.0. The highest BCUT2D eigenvalue weighted by atomic mass is 15.2. The maximum Gasteiger partial charge on any atom is 0.0653 e. The molecule has 0 aliphatic rings. The largest absolute Gasteiger partial charge is 0.317 e. The van der Waals surface area contributed by atoms with Gasteiger partial charge in [0, 0.05) is 19.2 Å². The van der Waals surface area contributed by atoms with E-state index in [0.717, 1.165) is 19.5 Å². The Morgan fingerprint density at radius 3 is 2.92 bits per heavy atom. The second kappa shape index (κ2) is 5.02. The molecule has 1 aromatic heterocycles. The second-order valence-electron chi connectivity index (χ2n) is 3.46. The Labute approximate surface area is 80.1 Å². The molecule has 1 heterocycles. The molecule has 1 rings (SSSR count). The Bertz CT molecular complexity index is 242. The first-order valence-electron chi connectivity index (χ1n) is 4.94. The number of nitrogens with one attached hydrogen (secondary N) is 1. The van der Waals surface area contributed by atoms with E-state index in [0.29, 0.717) is 5.92 Å². The Morgan fingerprint density at radius 1 is 1.62 bits per heavy atom. The molecule has 0 spiro atoms. The predicted molar refractivity (Wildman–Crippen MR) is 54.8 cm³/mol. The molecule has 0 aliphatic heterocycles. The van der Waals surface area contributed by atoms with Gasteiger partial charge >= 0.3 is 0 Å². The Kier molecular flexibility index (Phi) is 3.96. The Balaban J connectivity index is 2.35. The quantitative estimate of drug-likeness (QED) is 0.698. The fourth-order valence-electron chi connectivity index (χ4n) is 1.34. The zero-order valence-corrected chi connectivity index (χ0v) is 8.75. The van der Waals surface area contributed by atoms with Crippen LogP contribution in [0.5, 0.6) is 0 Å². The minimum absolute atomic E-state index is 0.556. The van der Waals surface area contributed by atoms with Crippen molar-refractivity contribution in [2.75, 3.05) is 13.1 Å². The van der Waals surface area contributed by atoms with Gasteiger partial charge in [-0.15, -0.1) is 0 Å². The van der Waals surface area contributed by atoms with Crippen molar-refractivity contribution in [1.82, 2.24) is 15.1 Å². The first-order chi connectivity index (χ1) is 6.24. The molecule has 1 aromatic rings. The zero-order valence-electron chi connectivity index (χ0n) is 8.75. The second-order valence-corrected chi connectivity index (χ2v) is 3.46. The summed E-state index contributed by atoms with van der Waals surface area (Å²) in [6, 6.07) is 2.09. The third-order valence-electron chi connectivity index (χ3n) is 2.24. The van der Waals surface area contributed by atoms with Gasteiger partial charge in [-0.05, 0) is 25.6 Å². The molecule has 0 amide bonds. The number of rotatable bonds is 5. The van der Waals surface area contributed by atoms with Gasteiger partial charge in [0.05, 0.1) is 5.69 Å². The summed E-state index contributed by atoms with van der Waals surface area (Å²) in [5.41, 5.74) is 1.19. The van der Waals surface area contributed by atoms with Crippen LogP contribution in [-0.2, 0) is 7.05 Å². The van der Waals surface area contributed by atoms with E-state index >= 15 is 0 Å². The van der Waals surface area contributed by atoms with Crippen LogP contribution in [0.15, 0.2) is 12.3 Å². The molecule has 0 saturated carbocycles. The summed E-state index contributed by atoms with van der Waals surface area (Å²) >= 11 is 0. The van der Waals surface area contributed by atoms with Gasteiger partial charge in [-0.25, -0.2) is 0 Å². The van der Waals surface area contributed by atoms with Crippen LogP contribution in [0.2, 0.25) is 0 Å². The normalized spacial score (nSPS) is 13.2. The first-order valence-corrected chi connectivity index (χ1v) is 4.94. The van der Waals surface area contributed by atoms with Crippen LogP contribution in [0.3, 0.4) is 0 Å². The standard InChI is InChI=1S/C10H19N3/c1-4-11-7-5-9(2)10-6-8-13(3)12-10/h6,8-9,11H,4-5,7H2,1-3H3. The highest BCUT2D eigenvalue weighted by Gasteiger charge is 2.06. The van der Waals surface area contributed by atoms with Gasteiger partial charge in [-0.3, -0.25) is 4.68 Å². The molecule has 74 valence electrons. The van der Waals surface area contributed by atoms with Crippen molar-refractivity contribution in [2.45, 2.75) is 26.2 Å². The van der Waals surface area contributed by atoms with E-state index in [9.17, 15) is 0 Å². The average Bonchev–Trinajstić information content (AvgIpc) is 2.52. The minimum Gasteiger partial charge on any atom is -0.317 e. The maximum absolute atomic E-state index is 4.38. The van der Waals surface area contributed by atoms with Crippen LogP contribution >= 0.6 is 0 Å². The van der Waals surface area contributed by atoms with Crippen molar-refractivity contribution in [1.29, 1.82) is 0 Å². The molecule has 0 aliphatic carbocycles. The Hall–Kier alpha value is -0.830. The van der Waals surface area contributed by atoms with Crippen molar-refractivity contribution in [2.24, 2.45) is 7.05 Å². The average molecular weight is 181 g/mol. The van der Waals surface area contributed by atoms with Crippen LogP contribution in [0.4, 0.5) is 0 Å². The van der Waals surface area contributed by atoms with E-state index in [-0.39, 0.29) is 0 Å². The SMILES string of the molecule is CCNCCC(C)c1ccn(C)n1. The molecular formula is C10H19N3. The zero-order chi connectivity index (χ0) is 9.68. The van der Waals surface area contributed by atoms with Gasteiger partial charge in [0.15, 0.2) is 0 Å². The van der Waals surface area contributed by atoms with Crippen LogP contribution < -0.4 is 5.32 Å². The topological polar surface area (TPSA) is 29.9 Å². The highest BCUT2D eigenvalue weighted by Crippen LogP contribution is 2.15. The lowest BCUT2D eigenvalue weighted by Gasteiger charge is -2.07.